The first kappa shape index (κ1) is 14.4. The quantitative estimate of drug-likeness (QED) is 0.899. The van der Waals surface area contributed by atoms with Crippen LogP contribution in [0.4, 0.5) is 5.82 Å². The van der Waals surface area contributed by atoms with E-state index in [0.29, 0.717) is 11.7 Å². The predicted octanol–water partition coefficient (Wildman–Crippen LogP) is 4.31. The highest BCUT2D eigenvalue weighted by atomic mass is 79.9. The maximum Gasteiger partial charge on any atom is 0.180 e. The van der Waals surface area contributed by atoms with Gasteiger partial charge < -0.3 is 5.32 Å². The summed E-state index contributed by atoms with van der Waals surface area (Å²) in [5, 5.41) is 3.16. The van der Waals surface area contributed by atoms with Crippen LogP contribution in [0.2, 0.25) is 0 Å². The molecule has 0 radical (unpaired) electrons. The van der Waals surface area contributed by atoms with Gasteiger partial charge in [0.2, 0.25) is 0 Å². The molecule has 0 aliphatic heterocycles. The maximum absolute atomic E-state index is 4.81. The molecule has 110 valence electrons. The van der Waals surface area contributed by atoms with Gasteiger partial charge in [0, 0.05) is 18.7 Å². The molecule has 0 bridgehead atoms. The van der Waals surface area contributed by atoms with Gasteiger partial charge in [0.15, 0.2) is 5.82 Å². The number of pyridine rings is 1. The Morgan fingerprint density at radius 2 is 1.90 bits per heavy atom. The summed E-state index contributed by atoms with van der Waals surface area (Å²) < 4.78 is 0.994. The monoisotopic (exact) mass is 346 g/mol. The zero-order valence-electron chi connectivity index (χ0n) is 12.4. The number of nitrogens with one attached hydrogen (secondary N) is 1. The van der Waals surface area contributed by atoms with Crippen LogP contribution in [-0.4, -0.2) is 22.0 Å². The molecule has 1 saturated carbocycles. The van der Waals surface area contributed by atoms with Crippen LogP contribution in [0.1, 0.15) is 43.0 Å². The normalized spacial score (nSPS) is 15.4. The van der Waals surface area contributed by atoms with Gasteiger partial charge in [-0.1, -0.05) is 18.9 Å². The SMILES string of the molecule is CNc1nc(-c2cccc(C)n2)nc(C2CCCC2)c1Br. The molecular weight excluding hydrogens is 328 g/mol. The van der Waals surface area contributed by atoms with Crippen LogP contribution >= 0.6 is 15.9 Å². The van der Waals surface area contributed by atoms with Crippen molar-refractivity contribution in [2.75, 3.05) is 12.4 Å². The van der Waals surface area contributed by atoms with Crippen molar-refractivity contribution >= 4 is 21.7 Å². The Balaban J connectivity index is 2.10. The number of hydrogen-bond acceptors (Lipinski definition) is 4. The van der Waals surface area contributed by atoms with Crippen molar-refractivity contribution in [3.8, 4) is 11.5 Å². The highest BCUT2D eigenvalue weighted by molar-refractivity contribution is 9.10. The van der Waals surface area contributed by atoms with E-state index in [1.54, 1.807) is 0 Å². The molecule has 0 saturated heterocycles. The van der Waals surface area contributed by atoms with Crippen LogP contribution in [0.15, 0.2) is 22.7 Å². The first-order chi connectivity index (χ1) is 10.2. The third-order valence-corrected chi connectivity index (χ3v) is 4.75. The van der Waals surface area contributed by atoms with E-state index >= 15 is 0 Å². The second kappa shape index (κ2) is 6.10. The minimum absolute atomic E-state index is 0.526. The van der Waals surface area contributed by atoms with Crippen LogP contribution < -0.4 is 5.32 Å². The van der Waals surface area contributed by atoms with Gasteiger partial charge in [-0.3, -0.25) is 0 Å². The van der Waals surface area contributed by atoms with Crippen molar-refractivity contribution in [3.05, 3.63) is 34.1 Å². The van der Waals surface area contributed by atoms with Gasteiger partial charge in [-0.05, 0) is 47.8 Å². The molecule has 0 aromatic carbocycles. The Bertz CT molecular complexity index is 651. The van der Waals surface area contributed by atoms with E-state index in [0.717, 1.165) is 27.4 Å². The lowest BCUT2D eigenvalue weighted by molar-refractivity contribution is 0.691. The molecule has 2 aromatic heterocycles. The van der Waals surface area contributed by atoms with E-state index < -0.39 is 0 Å². The molecule has 21 heavy (non-hydrogen) atoms. The van der Waals surface area contributed by atoms with Crippen molar-refractivity contribution in [2.45, 2.75) is 38.5 Å². The van der Waals surface area contributed by atoms with Crippen LogP contribution in [-0.2, 0) is 0 Å². The largest absolute Gasteiger partial charge is 0.372 e. The van der Waals surface area contributed by atoms with Gasteiger partial charge >= 0.3 is 0 Å². The molecular formula is C16H19BrN4. The van der Waals surface area contributed by atoms with Gasteiger partial charge in [0.1, 0.15) is 11.5 Å². The number of hydrogen-bond donors (Lipinski definition) is 1. The fraction of sp³-hybridized carbons (Fsp3) is 0.438. The summed E-state index contributed by atoms with van der Waals surface area (Å²) in [7, 11) is 1.89. The lowest BCUT2D eigenvalue weighted by Crippen LogP contribution is -2.06. The highest BCUT2D eigenvalue weighted by Gasteiger charge is 2.24. The van der Waals surface area contributed by atoms with Crippen molar-refractivity contribution < 1.29 is 0 Å². The number of anilines is 1. The summed E-state index contributed by atoms with van der Waals surface area (Å²) in [5.41, 5.74) is 2.93. The molecule has 3 rings (SSSR count). The second-order valence-electron chi connectivity index (χ2n) is 5.49. The molecule has 1 aliphatic carbocycles. The van der Waals surface area contributed by atoms with Gasteiger partial charge in [-0.2, -0.15) is 0 Å². The molecule has 0 atom stereocenters. The first-order valence-corrected chi connectivity index (χ1v) is 8.17. The van der Waals surface area contributed by atoms with E-state index in [9.17, 15) is 0 Å². The van der Waals surface area contributed by atoms with E-state index in [4.69, 9.17) is 4.98 Å². The zero-order chi connectivity index (χ0) is 14.8. The van der Waals surface area contributed by atoms with E-state index in [1.165, 1.54) is 25.7 Å². The predicted molar refractivity (Wildman–Crippen MR) is 88.5 cm³/mol. The molecule has 2 aromatic rings. The number of rotatable bonds is 3. The van der Waals surface area contributed by atoms with Crippen LogP contribution in [0, 0.1) is 6.92 Å². The Hall–Kier alpha value is -1.49. The molecule has 1 fully saturated rings. The molecule has 1 aliphatic rings. The Labute approximate surface area is 133 Å². The average molecular weight is 347 g/mol. The fourth-order valence-corrected chi connectivity index (χ4v) is 3.58. The Kier molecular flexibility index (Phi) is 4.19. The highest BCUT2D eigenvalue weighted by Crippen LogP contribution is 2.39. The van der Waals surface area contributed by atoms with E-state index in [-0.39, 0.29) is 0 Å². The lowest BCUT2D eigenvalue weighted by atomic mass is 10.0. The van der Waals surface area contributed by atoms with Gasteiger partial charge in [-0.15, -0.1) is 0 Å². The van der Waals surface area contributed by atoms with Crippen molar-refractivity contribution in [3.63, 3.8) is 0 Å². The van der Waals surface area contributed by atoms with Crippen LogP contribution in [0.25, 0.3) is 11.5 Å². The standard InChI is InChI=1S/C16H19BrN4/c1-10-6-5-9-12(19-10)15-20-14(11-7-3-4-8-11)13(17)16(18-2)21-15/h5-6,9,11H,3-4,7-8H2,1-2H3,(H,18,20,21). The Morgan fingerprint density at radius 1 is 1.14 bits per heavy atom. The van der Waals surface area contributed by atoms with Crippen LogP contribution in [0.5, 0.6) is 0 Å². The third kappa shape index (κ3) is 2.93. The summed E-state index contributed by atoms with van der Waals surface area (Å²) in [6.07, 6.45) is 4.99. The average Bonchev–Trinajstić information content (AvgIpc) is 3.01. The molecule has 0 unspecified atom stereocenters. The smallest absolute Gasteiger partial charge is 0.180 e. The molecule has 0 amide bonds. The van der Waals surface area contributed by atoms with Crippen LogP contribution in [0.3, 0.4) is 0 Å². The van der Waals surface area contributed by atoms with Crippen molar-refractivity contribution in [1.29, 1.82) is 0 Å². The lowest BCUT2D eigenvalue weighted by Gasteiger charge is -2.15. The molecule has 5 heteroatoms. The fourth-order valence-electron chi connectivity index (χ4n) is 2.88. The van der Waals surface area contributed by atoms with Gasteiger partial charge in [0.25, 0.3) is 0 Å². The van der Waals surface area contributed by atoms with Crippen molar-refractivity contribution in [1.82, 2.24) is 15.0 Å². The number of aromatic nitrogens is 3. The third-order valence-electron chi connectivity index (χ3n) is 3.97. The topological polar surface area (TPSA) is 50.7 Å². The number of nitrogens with zero attached hydrogens (tertiary/aromatic N) is 3. The minimum atomic E-state index is 0.526. The summed E-state index contributed by atoms with van der Waals surface area (Å²) in [6, 6.07) is 5.95. The summed E-state index contributed by atoms with van der Waals surface area (Å²) >= 11 is 3.66. The molecule has 4 nitrogen and oxygen atoms in total. The van der Waals surface area contributed by atoms with E-state index in [1.807, 2.05) is 32.2 Å². The number of halogens is 1. The van der Waals surface area contributed by atoms with Gasteiger partial charge in [-0.25, -0.2) is 15.0 Å². The first-order valence-electron chi connectivity index (χ1n) is 7.38. The summed E-state index contributed by atoms with van der Waals surface area (Å²) in [4.78, 5) is 14.0. The molecule has 2 heterocycles. The number of aryl methyl sites for hydroxylation is 1. The summed E-state index contributed by atoms with van der Waals surface area (Å²) in [5.74, 6) is 2.07. The zero-order valence-corrected chi connectivity index (χ0v) is 13.9. The second-order valence-corrected chi connectivity index (χ2v) is 6.28. The summed E-state index contributed by atoms with van der Waals surface area (Å²) in [6.45, 7) is 1.99. The van der Waals surface area contributed by atoms with Crippen molar-refractivity contribution in [2.24, 2.45) is 0 Å². The minimum Gasteiger partial charge on any atom is -0.372 e. The molecule has 0 spiro atoms. The van der Waals surface area contributed by atoms with Gasteiger partial charge in [0.05, 0.1) is 10.2 Å². The Morgan fingerprint density at radius 3 is 2.57 bits per heavy atom. The van der Waals surface area contributed by atoms with E-state index in [2.05, 4.69) is 31.2 Å². The maximum atomic E-state index is 4.81. The molecule has 1 N–H and O–H groups in total.